The molecule has 1 aromatic carbocycles. The van der Waals surface area contributed by atoms with Crippen LogP contribution in [0.4, 0.5) is 0 Å². The summed E-state index contributed by atoms with van der Waals surface area (Å²) in [5, 5.41) is 13.1. The summed E-state index contributed by atoms with van der Waals surface area (Å²) in [4.78, 5) is 15.7. The van der Waals surface area contributed by atoms with Crippen LogP contribution in [0.3, 0.4) is 0 Å². The van der Waals surface area contributed by atoms with Gasteiger partial charge in [-0.05, 0) is 43.3 Å². The van der Waals surface area contributed by atoms with Crippen LogP contribution in [0.2, 0.25) is 0 Å². The van der Waals surface area contributed by atoms with E-state index in [9.17, 15) is 4.79 Å². The standard InChI is InChI=1S/C15H10N4O/c1-10(20)13-6-7-19-14(8-13)17-15(18-19)12-4-2-11(9-16)3-5-12/h2-8H,1H3. The van der Waals surface area contributed by atoms with Crippen LogP contribution >= 0.6 is 0 Å². The average molecular weight is 262 g/mol. The molecule has 0 N–H and O–H groups in total. The second-order valence-electron chi connectivity index (χ2n) is 4.40. The summed E-state index contributed by atoms with van der Waals surface area (Å²) < 4.78 is 1.62. The third-order valence-electron chi connectivity index (χ3n) is 3.02. The summed E-state index contributed by atoms with van der Waals surface area (Å²) in [7, 11) is 0. The number of carbonyl (C=O) groups excluding carboxylic acids is 1. The first-order valence-corrected chi connectivity index (χ1v) is 6.05. The lowest BCUT2D eigenvalue weighted by molar-refractivity contribution is 0.101. The highest BCUT2D eigenvalue weighted by atomic mass is 16.1. The molecule has 0 aliphatic rings. The van der Waals surface area contributed by atoms with Crippen LogP contribution in [0.25, 0.3) is 17.0 Å². The van der Waals surface area contributed by atoms with Crippen molar-refractivity contribution in [3.05, 3.63) is 53.7 Å². The Hall–Kier alpha value is -3.00. The Morgan fingerprint density at radius 3 is 2.65 bits per heavy atom. The summed E-state index contributed by atoms with van der Waals surface area (Å²) in [6.45, 7) is 1.52. The largest absolute Gasteiger partial charge is 0.295 e. The second kappa shape index (κ2) is 4.59. The highest BCUT2D eigenvalue weighted by Crippen LogP contribution is 2.17. The minimum Gasteiger partial charge on any atom is -0.295 e. The number of nitrogens with zero attached hydrogens (tertiary/aromatic N) is 4. The minimum absolute atomic E-state index is 0.00424. The monoisotopic (exact) mass is 262 g/mol. The number of aromatic nitrogens is 3. The molecule has 0 amide bonds. The van der Waals surface area contributed by atoms with E-state index in [1.165, 1.54) is 6.92 Å². The molecule has 0 atom stereocenters. The normalized spacial score (nSPS) is 10.4. The fourth-order valence-corrected chi connectivity index (χ4v) is 1.92. The Balaban J connectivity index is 2.08. The number of benzene rings is 1. The molecule has 3 aromatic rings. The highest BCUT2D eigenvalue weighted by Gasteiger charge is 2.08. The van der Waals surface area contributed by atoms with Crippen molar-refractivity contribution in [2.45, 2.75) is 6.92 Å². The van der Waals surface area contributed by atoms with Crippen LogP contribution in [0, 0.1) is 11.3 Å². The summed E-state index contributed by atoms with van der Waals surface area (Å²) in [5.74, 6) is 0.561. The third kappa shape index (κ3) is 2.04. The molecule has 96 valence electrons. The molecule has 0 unspecified atom stereocenters. The number of pyridine rings is 1. The van der Waals surface area contributed by atoms with Crippen molar-refractivity contribution in [3.63, 3.8) is 0 Å². The highest BCUT2D eigenvalue weighted by molar-refractivity contribution is 5.94. The Kier molecular flexibility index (Phi) is 2.77. The summed E-state index contributed by atoms with van der Waals surface area (Å²) >= 11 is 0. The van der Waals surface area contributed by atoms with Gasteiger partial charge < -0.3 is 0 Å². The quantitative estimate of drug-likeness (QED) is 0.665. The maximum absolute atomic E-state index is 11.3. The van der Waals surface area contributed by atoms with Gasteiger partial charge in [0.2, 0.25) is 0 Å². The lowest BCUT2D eigenvalue weighted by Gasteiger charge is -1.94. The van der Waals surface area contributed by atoms with Crippen molar-refractivity contribution in [2.24, 2.45) is 0 Å². The predicted octanol–water partition coefficient (Wildman–Crippen LogP) is 2.47. The van der Waals surface area contributed by atoms with Crippen LogP contribution in [0.1, 0.15) is 22.8 Å². The maximum Gasteiger partial charge on any atom is 0.182 e. The fraction of sp³-hybridized carbons (Fsp3) is 0.0667. The first-order valence-electron chi connectivity index (χ1n) is 6.05. The lowest BCUT2D eigenvalue weighted by Crippen LogP contribution is -1.94. The Morgan fingerprint density at radius 2 is 2.00 bits per heavy atom. The molecule has 0 aliphatic heterocycles. The number of nitriles is 1. The second-order valence-corrected chi connectivity index (χ2v) is 4.40. The van der Waals surface area contributed by atoms with E-state index < -0.39 is 0 Å². The SMILES string of the molecule is CC(=O)c1ccn2nc(-c3ccc(C#N)cc3)nc2c1. The van der Waals surface area contributed by atoms with Gasteiger partial charge in [-0.1, -0.05) is 0 Å². The molecule has 0 saturated carbocycles. The fourth-order valence-electron chi connectivity index (χ4n) is 1.92. The van der Waals surface area contributed by atoms with Crippen molar-refractivity contribution in [2.75, 3.05) is 0 Å². The molecule has 0 radical (unpaired) electrons. The molecule has 20 heavy (non-hydrogen) atoms. The molecular weight excluding hydrogens is 252 g/mol. The van der Waals surface area contributed by atoms with Gasteiger partial charge in [0.15, 0.2) is 17.3 Å². The van der Waals surface area contributed by atoms with Crippen molar-refractivity contribution in [3.8, 4) is 17.5 Å². The number of hydrogen-bond donors (Lipinski definition) is 0. The van der Waals surface area contributed by atoms with E-state index in [0.29, 0.717) is 22.6 Å². The predicted molar refractivity (Wildman–Crippen MR) is 73.1 cm³/mol. The van der Waals surface area contributed by atoms with Gasteiger partial charge >= 0.3 is 0 Å². The zero-order chi connectivity index (χ0) is 14.1. The van der Waals surface area contributed by atoms with E-state index in [4.69, 9.17) is 5.26 Å². The van der Waals surface area contributed by atoms with E-state index in [2.05, 4.69) is 16.2 Å². The smallest absolute Gasteiger partial charge is 0.182 e. The minimum atomic E-state index is -0.00424. The van der Waals surface area contributed by atoms with E-state index in [1.807, 2.05) is 0 Å². The van der Waals surface area contributed by atoms with E-state index in [-0.39, 0.29) is 5.78 Å². The van der Waals surface area contributed by atoms with Gasteiger partial charge in [0, 0.05) is 17.3 Å². The molecule has 0 fully saturated rings. The number of Topliss-reactive ketones (excluding diaryl/α,β-unsaturated/α-hetero) is 1. The van der Waals surface area contributed by atoms with Crippen LogP contribution in [-0.2, 0) is 0 Å². The van der Waals surface area contributed by atoms with Gasteiger partial charge in [-0.25, -0.2) is 9.50 Å². The molecule has 0 spiro atoms. The molecule has 5 nitrogen and oxygen atoms in total. The molecule has 0 bridgehead atoms. The van der Waals surface area contributed by atoms with Gasteiger partial charge in [-0.3, -0.25) is 4.79 Å². The molecular formula is C15H10N4O. The van der Waals surface area contributed by atoms with Gasteiger partial charge in [0.25, 0.3) is 0 Å². The number of fused-ring (bicyclic) bond motifs is 1. The number of rotatable bonds is 2. The zero-order valence-electron chi connectivity index (χ0n) is 10.7. The molecule has 2 aromatic heterocycles. The Bertz CT molecular complexity index is 840. The molecule has 5 heteroatoms. The number of hydrogen-bond acceptors (Lipinski definition) is 4. The van der Waals surface area contributed by atoms with Gasteiger partial charge in [0.1, 0.15) is 0 Å². The maximum atomic E-state index is 11.3. The van der Waals surface area contributed by atoms with Crippen molar-refractivity contribution in [1.82, 2.24) is 14.6 Å². The lowest BCUT2D eigenvalue weighted by atomic mass is 10.1. The van der Waals surface area contributed by atoms with Crippen LogP contribution in [0.15, 0.2) is 42.6 Å². The van der Waals surface area contributed by atoms with E-state index in [1.54, 1.807) is 47.1 Å². The van der Waals surface area contributed by atoms with Crippen molar-refractivity contribution >= 4 is 11.4 Å². The van der Waals surface area contributed by atoms with Gasteiger partial charge in [-0.15, -0.1) is 5.10 Å². The number of carbonyl (C=O) groups is 1. The summed E-state index contributed by atoms with van der Waals surface area (Å²) in [6, 6.07) is 12.6. The number of ketones is 1. The van der Waals surface area contributed by atoms with E-state index in [0.717, 1.165) is 5.56 Å². The Morgan fingerprint density at radius 1 is 1.25 bits per heavy atom. The molecule has 2 heterocycles. The van der Waals surface area contributed by atoms with Gasteiger partial charge in [0.05, 0.1) is 11.6 Å². The average Bonchev–Trinajstić information content (AvgIpc) is 2.90. The van der Waals surface area contributed by atoms with Gasteiger partial charge in [-0.2, -0.15) is 5.26 Å². The Labute approximate surface area is 115 Å². The van der Waals surface area contributed by atoms with E-state index >= 15 is 0 Å². The molecule has 0 aliphatic carbocycles. The molecule has 0 saturated heterocycles. The summed E-state index contributed by atoms with van der Waals surface area (Å²) in [6.07, 6.45) is 1.71. The first-order chi connectivity index (χ1) is 9.67. The first kappa shape index (κ1) is 12.1. The van der Waals surface area contributed by atoms with Crippen molar-refractivity contribution < 1.29 is 4.79 Å². The van der Waals surface area contributed by atoms with Crippen molar-refractivity contribution in [1.29, 1.82) is 5.26 Å². The van der Waals surface area contributed by atoms with Crippen LogP contribution in [0.5, 0.6) is 0 Å². The molecule has 3 rings (SSSR count). The topological polar surface area (TPSA) is 71.1 Å². The zero-order valence-corrected chi connectivity index (χ0v) is 10.7. The van der Waals surface area contributed by atoms with Crippen LogP contribution in [-0.4, -0.2) is 20.4 Å². The van der Waals surface area contributed by atoms with Crippen LogP contribution < -0.4 is 0 Å². The third-order valence-corrected chi connectivity index (χ3v) is 3.02. The summed E-state index contributed by atoms with van der Waals surface area (Å²) in [5.41, 5.74) is 2.65.